The number of hydrogen-bond donors (Lipinski definition) is 1. The third-order valence-electron chi connectivity index (χ3n) is 1.52. The second kappa shape index (κ2) is 4.37. The summed E-state index contributed by atoms with van der Waals surface area (Å²) in [5.41, 5.74) is 0. The molecule has 2 heterocycles. The highest BCUT2D eigenvalue weighted by Crippen LogP contribution is 2.15. The Labute approximate surface area is 95.5 Å². The molecule has 7 heteroatoms. The Bertz CT molecular complexity index is 433. The average Bonchev–Trinajstić information content (AvgIpc) is 2.17. The van der Waals surface area contributed by atoms with Crippen molar-refractivity contribution in [3.8, 4) is 0 Å². The minimum absolute atomic E-state index is 0.354. The zero-order valence-electron chi connectivity index (χ0n) is 7.35. The Morgan fingerprint density at radius 3 is 1.67 bits per heavy atom. The molecule has 2 aromatic heterocycles. The molecule has 0 amide bonds. The van der Waals surface area contributed by atoms with Gasteiger partial charge < -0.3 is 5.32 Å². The summed E-state index contributed by atoms with van der Waals surface area (Å²) in [6.45, 7) is 0. The molecule has 0 spiro atoms. The molecule has 1 N–H and O–H groups in total. The van der Waals surface area contributed by atoms with Crippen molar-refractivity contribution in [3.63, 3.8) is 0 Å². The molecule has 0 unspecified atom stereocenters. The van der Waals surface area contributed by atoms with Gasteiger partial charge in [-0.15, -0.1) is 0 Å². The van der Waals surface area contributed by atoms with Gasteiger partial charge in [0.05, 0.1) is 0 Å². The fraction of sp³-hybridized carbons (Fsp3) is 0. The van der Waals surface area contributed by atoms with E-state index in [0.29, 0.717) is 21.9 Å². The lowest BCUT2D eigenvalue weighted by molar-refractivity contribution is 1.13. The van der Waals surface area contributed by atoms with Gasteiger partial charge in [-0.3, -0.25) is 0 Å². The van der Waals surface area contributed by atoms with Gasteiger partial charge >= 0.3 is 0 Å². The predicted molar refractivity (Wildman–Crippen MR) is 57.4 cm³/mol. The largest absolute Gasteiger partial charge is 0.325 e. The van der Waals surface area contributed by atoms with E-state index >= 15 is 0 Å². The molecule has 0 aliphatic rings. The maximum absolute atomic E-state index is 5.69. The quantitative estimate of drug-likeness (QED) is 0.818. The van der Waals surface area contributed by atoms with Crippen LogP contribution in [0.25, 0.3) is 0 Å². The summed E-state index contributed by atoms with van der Waals surface area (Å²) < 4.78 is 0. The number of hydrogen-bond acceptors (Lipinski definition) is 5. The molecular formula is C8H5Cl2N5. The first kappa shape index (κ1) is 10.1. The maximum atomic E-state index is 5.69. The summed E-state index contributed by atoms with van der Waals surface area (Å²) in [6, 6.07) is 3.16. The molecule has 0 radical (unpaired) electrons. The normalized spacial score (nSPS) is 10.0. The molecular weight excluding hydrogens is 237 g/mol. The summed E-state index contributed by atoms with van der Waals surface area (Å²) >= 11 is 11.4. The van der Waals surface area contributed by atoms with Gasteiger partial charge in [-0.2, -0.15) is 0 Å². The highest BCUT2D eigenvalue weighted by molar-refractivity contribution is 6.29. The molecule has 0 bridgehead atoms. The topological polar surface area (TPSA) is 63.6 Å². The summed E-state index contributed by atoms with van der Waals surface area (Å²) in [4.78, 5) is 15.4. The highest BCUT2D eigenvalue weighted by Gasteiger charge is 1.99. The zero-order chi connectivity index (χ0) is 10.7. The minimum Gasteiger partial charge on any atom is -0.325 e. The second-order valence-electron chi connectivity index (χ2n) is 2.58. The Kier molecular flexibility index (Phi) is 2.94. The molecule has 2 aromatic rings. The Morgan fingerprint density at radius 2 is 1.27 bits per heavy atom. The summed E-state index contributed by atoms with van der Waals surface area (Å²) in [5.74, 6) is 1.09. The van der Waals surface area contributed by atoms with E-state index in [1.807, 2.05) is 0 Å². The lowest BCUT2D eigenvalue weighted by Crippen LogP contribution is -1.96. The molecule has 0 saturated heterocycles. The monoisotopic (exact) mass is 241 g/mol. The lowest BCUT2D eigenvalue weighted by Gasteiger charge is -2.03. The second-order valence-corrected chi connectivity index (χ2v) is 3.35. The lowest BCUT2D eigenvalue weighted by atomic mass is 10.5. The average molecular weight is 242 g/mol. The molecule has 76 valence electrons. The van der Waals surface area contributed by atoms with E-state index < -0.39 is 0 Å². The summed E-state index contributed by atoms with van der Waals surface area (Å²) in [6.07, 6.45) is 2.71. The number of nitrogens with one attached hydrogen (secondary N) is 1. The minimum atomic E-state index is 0.354. The van der Waals surface area contributed by atoms with Gasteiger partial charge in [-0.05, 0) is 0 Å². The van der Waals surface area contributed by atoms with Crippen molar-refractivity contribution < 1.29 is 0 Å². The van der Waals surface area contributed by atoms with Gasteiger partial charge in [-0.1, -0.05) is 23.2 Å². The Balaban J connectivity index is 2.22. The molecule has 0 fully saturated rings. The van der Waals surface area contributed by atoms with Crippen LogP contribution in [-0.4, -0.2) is 19.9 Å². The van der Waals surface area contributed by atoms with E-state index in [1.54, 1.807) is 12.1 Å². The van der Waals surface area contributed by atoms with Gasteiger partial charge in [-0.25, -0.2) is 19.9 Å². The van der Waals surface area contributed by atoms with Crippen LogP contribution in [0.15, 0.2) is 24.8 Å². The van der Waals surface area contributed by atoms with Crippen LogP contribution >= 0.6 is 23.2 Å². The number of rotatable bonds is 2. The van der Waals surface area contributed by atoms with Crippen molar-refractivity contribution in [2.75, 3.05) is 5.32 Å². The van der Waals surface area contributed by atoms with E-state index in [2.05, 4.69) is 25.3 Å². The molecule has 0 saturated carbocycles. The third-order valence-corrected chi connectivity index (χ3v) is 1.94. The van der Waals surface area contributed by atoms with Gasteiger partial charge in [0.1, 0.15) is 34.6 Å². The van der Waals surface area contributed by atoms with Crippen LogP contribution in [0.1, 0.15) is 0 Å². The first-order valence-corrected chi connectivity index (χ1v) is 4.72. The summed E-state index contributed by atoms with van der Waals surface area (Å²) in [5, 5.41) is 3.62. The van der Waals surface area contributed by atoms with E-state index in [9.17, 15) is 0 Å². The maximum Gasteiger partial charge on any atom is 0.136 e. The van der Waals surface area contributed by atoms with Gasteiger partial charge in [0.15, 0.2) is 0 Å². The van der Waals surface area contributed by atoms with Crippen LogP contribution in [0.2, 0.25) is 10.3 Å². The van der Waals surface area contributed by atoms with Crippen molar-refractivity contribution in [2.45, 2.75) is 0 Å². The van der Waals surface area contributed by atoms with Crippen molar-refractivity contribution in [3.05, 3.63) is 35.1 Å². The van der Waals surface area contributed by atoms with Crippen molar-refractivity contribution >= 4 is 34.8 Å². The fourth-order valence-electron chi connectivity index (χ4n) is 0.935. The standard InChI is InChI=1S/C8H5Cl2N5/c9-5-1-7(13-3-11-5)15-8-2-6(10)12-4-14-8/h1-4H,(H,11,12,13,14,15). The zero-order valence-corrected chi connectivity index (χ0v) is 8.87. The number of anilines is 2. The predicted octanol–water partition coefficient (Wildman–Crippen LogP) is 2.32. The van der Waals surface area contributed by atoms with Gasteiger partial charge in [0.25, 0.3) is 0 Å². The van der Waals surface area contributed by atoms with E-state index in [1.165, 1.54) is 12.7 Å². The van der Waals surface area contributed by atoms with Crippen LogP contribution in [0.5, 0.6) is 0 Å². The number of halogens is 2. The Hall–Kier alpha value is -1.46. The Morgan fingerprint density at radius 1 is 0.800 bits per heavy atom. The number of nitrogens with zero attached hydrogens (tertiary/aromatic N) is 4. The molecule has 5 nitrogen and oxygen atoms in total. The van der Waals surface area contributed by atoms with E-state index in [0.717, 1.165) is 0 Å². The first-order chi connectivity index (χ1) is 7.24. The molecule has 2 rings (SSSR count). The summed E-state index contributed by atoms with van der Waals surface area (Å²) in [7, 11) is 0. The molecule has 0 aromatic carbocycles. The van der Waals surface area contributed by atoms with Crippen LogP contribution < -0.4 is 5.32 Å². The van der Waals surface area contributed by atoms with Crippen molar-refractivity contribution in [1.82, 2.24) is 19.9 Å². The fourth-order valence-corrected chi connectivity index (χ4v) is 1.23. The first-order valence-electron chi connectivity index (χ1n) is 3.96. The third kappa shape index (κ3) is 2.74. The molecule has 0 aliphatic carbocycles. The number of aromatic nitrogens is 4. The van der Waals surface area contributed by atoms with Crippen LogP contribution in [0.3, 0.4) is 0 Å². The van der Waals surface area contributed by atoms with Crippen LogP contribution in [0.4, 0.5) is 11.6 Å². The van der Waals surface area contributed by atoms with E-state index in [-0.39, 0.29) is 0 Å². The van der Waals surface area contributed by atoms with Crippen LogP contribution in [-0.2, 0) is 0 Å². The van der Waals surface area contributed by atoms with Crippen LogP contribution in [0, 0.1) is 0 Å². The van der Waals surface area contributed by atoms with E-state index in [4.69, 9.17) is 23.2 Å². The molecule has 0 aliphatic heterocycles. The van der Waals surface area contributed by atoms with Crippen molar-refractivity contribution in [2.24, 2.45) is 0 Å². The van der Waals surface area contributed by atoms with Gasteiger partial charge in [0, 0.05) is 12.1 Å². The van der Waals surface area contributed by atoms with Crippen molar-refractivity contribution in [1.29, 1.82) is 0 Å². The van der Waals surface area contributed by atoms with Gasteiger partial charge in [0.2, 0.25) is 0 Å². The molecule has 15 heavy (non-hydrogen) atoms. The molecule has 0 atom stereocenters. The smallest absolute Gasteiger partial charge is 0.136 e. The highest BCUT2D eigenvalue weighted by atomic mass is 35.5. The SMILES string of the molecule is Clc1cc(Nc2cc(Cl)ncn2)ncn1.